The zero-order valence-electron chi connectivity index (χ0n) is 20.0. The number of benzene rings is 3. The van der Waals surface area contributed by atoms with Crippen LogP contribution in [0.1, 0.15) is 18.1 Å². The van der Waals surface area contributed by atoms with E-state index < -0.39 is 11.3 Å². The Morgan fingerprint density at radius 3 is 2.65 bits per heavy atom. The van der Waals surface area contributed by atoms with E-state index in [1.165, 1.54) is 6.07 Å². The minimum Gasteiger partial charge on any atom is -0.490 e. The lowest BCUT2D eigenvalue weighted by atomic mass is 9.99. The molecule has 0 atom stereocenters. The lowest BCUT2D eigenvalue weighted by Gasteiger charge is -2.29. The maximum absolute atomic E-state index is 13.1. The predicted molar refractivity (Wildman–Crippen MR) is 141 cm³/mol. The van der Waals surface area contributed by atoms with Crippen molar-refractivity contribution in [2.75, 3.05) is 13.3 Å². The van der Waals surface area contributed by atoms with E-state index in [1.807, 2.05) is 49.4 Å². The second-order valence-electron chi connectivity index (χ2n) is 8.80. The molecule has 0 N–H and O–H groups in total. The SMILES string of the molecule is CCOc1cccc2cc(-c3cc(=O)oc4c5c(ccc34)OCN(Cc3ccccc3Cl)C5)c(=O)oc12. The van der Waals surface area contributed by atoms with Crippen LogP contribution in [-0.2, 0) is 13.1 Å². The monoisotopic (exact) mass is 515 g/mol. The molecule has 0 saturated carbocycles. The van der Waals surface area contributed by atoms with E-state index in [0.717, 1.165) is 11.1 Å². The van der Waals surface area contributed by atoms with Gasteiger partial charge in [0, 0.05) is 40.5 Å². The van der Waals surface area contributed by atoms with Gasteiger partial charge in [-0.2, -0.15) is 0 Å². The van der Waals surface area contributed by atoms with Crippen molar-refractivity contribution in [3.05, 3.63) is 104 Å². The minimum atomic E-state index is -0.569. The Morgan fingerprint density at radius 1 is 0.946 bits per heavy atom. The highest BCUT2D eigenvalue weighted by atomic mass is 35.5. The smallest absolute Gasteiger partial charge is 0.344 e. The van der Waals surface area contributed by atoms with Crippen LogP contribution in [0.2, 0.25) is 5.02 Å². The maximum atomic E-state index is 13.1. The van der Waals surface area contributed by atoms with Crippen molar-refractivity contribution in [3.63, 3.8) is 0 Å². The van der Waals surface area contributed by atoms with Crippen LogP contribution in [0, 0.1) is 0 Å². The third kappa shape index (κ3) is 4.26. The molecule has 5 aromatic rings. The van der Waals surface area contributed by atoms with Gasteiger partial charge in [-0.3, -0.25) is 4.90 Å². The highest BCUT2D eigenvalue weighted by Crippen LogP contribution is 2.37. The van der Waals surface area contributed by atoms with Crippen LogP contribution in [0.15, 0.2) is 85.2 Å². The fourth-order valence-electron chi connectivity index (χ4n) is 4.75. The molecule has 0 spiro atoms. The number of fused-ring (bicyclic) bond motifs is 4. The molecule has 0 unspecified atom stereocenters. The van der Waals surface area contributed by atoms with Gasteiger partial charge in [0.2, 0.25) is 0 Å². The Bertz CT molecular complexity index is 1770. The molecule has 6 rings (SSSR count). The van der Waals surface area contributed by atoms with E-state index in [9.17, 15) is 9.59 Å². The number of para-hydroxylation sites is 1. The van der Waals surface area contributed by atoms with Gasteiger partial charge >= 0.3 is 11.3 Å². The van der Waals surface area contributed by atoms with Crippen molar-refractivity contribution in [2.45, 2.75) is 20.0 Å². The van der Waals surface area contributed by atoms with Crippen molar-refractivity contribution in [1.29, 1.82) is 0 Å². The molecule has 8 heteroatoms. The molecule has 0 fully saturated rings. The summed E-state index contributed by atoms with van der Waals surface area (Å²) in [5, 5.41) is 1.99. The molecule has 3 aromatic carbocycles. The number of hydrogen-bond acceptors (Lipinski definition) is 7. The molecule has 0 aliphatic carbocycles. The van der Waals surface area contributed by atoms with Crippen LogP contribution in [-0.4, -0.2) is 18.2 Å². The zero-order chi connectivity index (χ0) is 25.5. The van der Waals surface area contributed by atoms with Crippen LogP contribution in [0.5, 0.6) is 11.5 Å². The van der Waals surface area contributed by atoms with Gasteiger partial charge in [-0.1, -0.05) is 41.9 Å². The molecule has 3 heterocycles. The summed E-state index contributed by atoms with van der Waals surface area (Å²) in [5.41, 5.74) is 2.02. The zero-order valence-corrected chi connectivity index (χ0v) is 20.7. The first-order valence-corrected chi connectivity index (χ1v) is 12.3. The number of rotatable bonds is 5. The van der Waals surface area contributed by atoms with Gasteiger partial charge in [-0.05, 0) is 42.8 Å². The Morgan fingerprint density at radius 2 is 1.81 bits per heavy atom. The molecule has 1 aliphatic rings. The van der Waals surface area contributed by atoms with Gasteiger partial charge in [0.25, 0.3) is 0 Å². The largest absolute Gasteiger partial charge is 0.490 e. The first kappa shape index (κ1) is 23.3. The van der Waals surface area contributed by atoms with Crippen LogP contribution in [0.3, 0.4) is 0 Å². The molecule has 2 aromatic heterocycles. The molecule has 1 aliphatic heterocycles. The fraction of sp³-hybridized carbons (Fsp3) is 0.172. The Balaban J connectivity index is 1.47. The number of halogens is 1. The molecule has 0 saturated heterocycles. The molecule has 186 valence electrons. The molecule has 0 amide bonds. The van der Waals surface area contributed by atoms with Crippen molar-refractivity contribution in [3.8, 4) is 22.6 Å². The molecule has 37 heavy (non-hydrogen) atoms. The van der Waals surface area contributed by atoms with Gasteiger partial charge < -0.3 is 18.3 Å². The Labute approximate surface area is 216 Å². The van der Waals surface area contributed by atoms with Crippen molar-refractivity contribution in [1.82, 2.24) is 4.90 Å². The summed E-state index contributed by atoms with van der Waals surface area (Å²) in [5.74, 6) is 1.13. The van der Waals surface area contributed by atoms with Crippen LogP contribution >= 0.6 is 11.6 Å². The topological polar surface area (TPSA) is 82.1 Å². The maximum Gasteiger partial charge on any atom is 0.344 e. The van der Waals surface area contributed by atoms with Crippen LogP contribution < -0.4 is 20.7 Å². The summed E-state index contributed by atoms with van der Waals surface area (Å²) in [6, 6.07) is 19.7. The van der Waals surface area contributed by atoms with Gasteiger partial charge in [0.05, 0.1) is 17.7 Å². The highest BCUT2D eigenvalue weighted by Gasteiger charge is 2.24. The van der Waals surface area contributed by atoms with Crippen LogP contribution in [0.25, 0.3) is 33.1 Å². The van der Waals surface area contributed by atoms with E-state index in [2.05, 4.69) is 4.90 Å². The summed E-state index contributed by atoms with van der Waals surface area (Å²) >= 11 is 6.36. The van der Waals surface area contributed by atoms with E-state index in [1.54, 1.807) is 18.2 Å². The first-order chi connectivity index (χ1) is 18.0. The lowest BCUT2D eigenvalue weighted by molar-refractivity contribution is 0.0890. The van der Waals surface area contributed by atoms with Gasteiger partial charge in [-0.15, -0.1) is 0 Å². The van der Waals surface area contributed by atoms with E-state index in [4.69, 9.17) is 29.9 Å². The van der Waals surface area contributed by atoms with Crippen molar-refractivity contribution >= 4 is 33.5 Å². The molecule has 0 bridgehead atoms. The predicted octanol–water partition coefficient (Wildman–Crippen LogP) is 5.97. The normalized spacial score (nSPS) is 13.5. The summed E-state index contributed by atoms with van der Waals surface area (Å²) in [4.78, 5) is 27.9. The van der Waals surface area contributed by atoms with E-state index in [0.29, 0.717) is 70.5 Å². The minimum absolute atomic E-state index is 0.267. The average Bonchev–Trinajstić information content (AvgIpc) is 2.90. The number of ether oxygens (including phenoxy) is 2. The highest BCUT2D eigenvalue weighted by molar-refractivity contribution is 6.31. The molecule has 7 nitrogen and oxygen atoms in total. The summed E-state index contributed by atoms with van der Waals surface area (Å²) in [6.45, 7) is 3.71. The van der Waals surface area contributed by atoms with Crippen molar-refractivity contribution < 1.29 is 18.3 Å². The summed E-state index contributed by atoms with van der Waals surface area (Å²) in [6.07, 6.45) is 0. The van der Waals surface area contributed by atoms with Gasteiger partial charge in [0.1, 0.15) is 18.1 Å². The van der Waals surface area contributed by atoms with E-state index >= 15 is 0 Å². The number of nitrogens with zero attached hydrogens (tertiary/aromatic N) is 1. The van der Waals surface area contributed by atoms with Crippen molar-refractivity contribution in [2.24, 2.45) is 0 Å². The van der Waals surface area contributed by atoms with E-state index in [-0.39, 0.29) is 5.56 Å². The molecule has 0 radical (unpaired) electrons. The first-order valence-electron chi connectivity index (χ1n) is 11.9. The van der Waals surface area contributed by atoms with Gasteiger partial charge in [0.15, 0.2) is 11.3 Å². The Hall–Kier alpha value is -4.07. The van der Waals surface area contributed by atoms with Gasteiger partial charge in [-0.25, -0.2) is 9.59 Å². The summed E-state index contributed by atoms with van der Waals surface area (Å²) < 4.78 is 22.9. The number of hydrogen-bond donors (Lipinski definition) is 0. The fourth-order valence-corrected chi connectivity index (χ4v) is 4.94. The molecular weight excluding hydrogens is 494 g/mol. The second kappa shape index (κ2) is 9.42. The quantitative estimate of drug-likeness (QED) is 0.267. The standard InChI is InChI=1S/C29H22ClNO6/c1-2-34-25-9-5-7-17-12-21(29(33)37-27(17)25)20-13-26(32)36-28-19(20)10-11-24-22(28)15-31(16-35-24)14-18-6-3-4-8-23(18)30/h3-13H,2,14-16H2,1H3. The third-order valence-corrected chi connectivity index (χ3v) is 6.79. The average molecular weight is 516 g/mol. The third-order valence-electron chi connectivity index (χ3n) is 6.42. The summed E-state index contributed by atoms with van der Waals surface area (Å²) in [7, 11) is 0. The van der Waals surface area contributed by atoms with Crippen LogP contribution in [0.4, 0.5) is 0 Å². The Kier molecular flexibility index (Phi) is 5.94. The second-order valence-corrected chi connectivity index (χ2v) is 9.21. The lowest BCUT2D eigenvalue weighted by Crippen LogP contribution is -2.31. The molecular formula is C29H22ClNO6.